The van der Waals surface area contributed by atoms with Crippen LogP contribution < -0.4 is 0 Å². The summed E-state index contributed by atoms with van der Waals surface area (Å²) in [6.07, 6.45) is -0.921. The average molecular weight is 460 g/mol. The molecule has 12 heteroatoms. The Labute approximate surface area is 186 Å². The van der Waals surface area contributed by atoms with Crippen molar-refractivity contribution in [2.45, 2.75) is 45.3 Å². The highest BCUT2D eigenvalue weighted by Gasteiger charge is 2.51. The van der Waals surface area contributed by atoms with Crippen molar-refractivity contribution in [3.8, 4) is 11.3 Å². The maximum absolute atomic E-state index is 11.8. The lowest BCUT2D eigenvalue weighted by Gasteiger charge is -2.23. The van der Waals surface area contributed by atoms with E-state index in [2.05, 4.69) is 15.0 Å². The average Bonchev–Trinajstić information content (AvgIpc) is 3.46. The highest BCUT2D eigenvalue weighted by molar-refractivity contribution is 7.08. The summed E-state index contributed by atoms with van der Waals surface area (Å²) in [7, 11) is 0. The molecule has 1 saturated heterocycles. The second kappa shape index (κ2) is 9.01. The maximum atomic E-state index is 11.8. The Balaban J connectivity index is 1.75. The summed E-state index contributed by atoms with van der Waals surface area (Å²) in [6.45, 7) is 3.53. The summed E-state index contributed by atoms with van der Waals surface area (Å²) in [5.74, 6) is -1.71. The summed E-state index contributed by atoms with van der Waals surface area (Å²) < 4.78 is 23.6. The minimum Gasteiger partial charge on any atom is -0.463 e. The van der Waals surface area contributed by atoms with Crippen molar-refractivity contribution in [1.82, 2.24) is 19.5 Å². The molecule has 11 nitrogen and oxygen atoms in total. The van der Waals surface area contributed by atoms with Crippen molar-refractivity contribution in [2.24, 2.45) is 0 Å². The molecule has 3 aromatic rings. The van der Waals surface area contributed by atoms with Gasteiger partial charge in [-0.1, -0.05) is 0 Å². The number of carbonyl (C=O) groups excluding carboxylic acids is 3. The lowest BCUT2D eigenvalue weighted by Crippen LogP contribution is -2.40. The molecular formula is C20H20N4O7S. The van der Waals surface area contributed by atoms with Crippen molar-refractivity contribution < 1.29 is 33.3 Å². The molecule has 1 aliphatic rings. The number of hydrogen-bond acceptors (Lipinski definition) is 11. The third kappa shape index (κ3) is 4.32. The quantitative estimate of drug-likeness (QED) is 0.397. The number of thiophene rings is 1. The Bertz CT molecular complexity index is 1150. The smallest absolute Gasteiger partial charge is 0.303 e. The number of nitrogens with zero attached hydrogens (tertiary/aromatic N) is 4. The van der Waals surface area contributed by atoms with Gasteiger partial charge in [-0.05, 0) is 11.4 Å². The van der Waals surface area contributed by atoms with E-state index in [1.165, 1.54) is 44.8 Å². The predicted octanol–water partition coefficient (Wildman–Crippen LogP) is 1.88. The molecule has 0 spiro atoms. The number of imidazole rings is 1. The Kier molecular flexibility index (Phi) is 6.15. The van der Waals surface area contributed by atoms with Crippen molar-refractivity contribution in [3.05, 3.63) is 29.5 Å². The van der Waals surface area contributed by atoms with Crippen molar-refractivity contribution in [1.29, 1.82) is 0 Å². The zero-order valence-electron chi connectivity index (χ0n) is 17.5. The van der Waals surface area contributed by atoms with Crippen LogP contribution in [0.2, 0.25) is 0 Å². The third-order valence-electron chi connectivity index (χ3n) is 4.77. The van der Waals surface area contributed by atoms with Gasteiger partial charge in [-0.2, -0.15) is 11.3 Å². The fourth-order valence-electron chi connectivity index (χ4n) is 3.57. The number of aromatic nitrogens is 4. The van der Waals surface area contributed by atoms with E-state index >= 15 is 0 Å². The monoisotopic (exact) mass is 460 g/mol. The molecule has 0 N–H and O–H groups in total. The summed E-state index contributed by atoms with van der Waals surface area (Å²) >= 11 is 1.53. The highest BCUT2D eigenvalue weighted by Crippen LogP contribution is 2.37. The topological polar surface area (TPSA) is 132 Å². The van der Waals surface area contributed by atoms with Gasteiger partial charge in [0, 0.05) is 31.7 Å². The van der Waals surface area contributed by atoms with Gasteiger partial charge < -0.3 is 18.9 Å². The lowest BCUT2D eigenvalue weighted by molar-refractivity contribution is -0.166. The minimum atomic E-state index is -1.02. The van der Waals surface area contributed by atoms with E-state index in [9.17, 15) is 14.4 Å². The molecular weight excluding hydrogens is 440 g/mol. The van der Waals surface area contributed by atoms with Gasteiger partial charge in [-0.25, -0.2) is 15.0 Å². The van der Waals surface area contributed by atoms with Gasteiger partial charge in [-0.3, -0.25) is 19.0 Å². The molecule has 32 heavy (non-hydrogen) atoms. The molecule has 0 amide bonds. The molecule has 168 valence electrons. The van der Waals surface area contributed by atoms with Gasteiger partial charge in [0.1, 0.15) is 30.2 Å². The van der Waals surface area contributed by atoms with Gasteiger partial charge >= 0.3 is 17.9 Å². The number of ether oxygens (including phenoxy) is 4. The molecule has 1 fully saturated rings. The van der Waals surface area contributed by atoms with E-state index < -0.39 is 42.4 Å². The number of hydrogen-bond donors (Lipinski definition) is 0. The Morgan fingerprint density at radius 2 is 1.81 bits per heavy atom. The van der Waals surface area contributed by atoms with Crippen molar-refractivity contribution >= 4 is 40.4 Å². The van der Waals surface area contributed by atoms with Gasteiger partial charge in [0.05, 0.1) is 6.33 Å². The molecule has 0 saturated carbocycles. The Hall–Kier alpha value is -3.38. The van der Waals surface area contributed by atoms with E-state index in [0.29, 0.717) is 16.9 Å². The first-order valence-electron chi connectivity index (χ1n) is 9.68. The molecule has 0 aromatic carbocycles. The SMILES string of the molecule is CC(=O)OC[C@H]1O[C@@H](n2cnc3c(-c4ccsc4)ncnc32)[C@H](OC(C)=O)[C@@H]1OC(C)=O. The molecule has 4 heterocycles. The fourth-order valence-corrected chi connectivity index (χ4v) is 4.21. The van der Waals surface area contributed by atoms with E-state index in [1.807, 2.05) is 16.8 Å². The first-order valence-corrected chi connectivity index (χ1v) is 10.6. The van der Waals surface area contributed by atoms with E-state index in [1.54, 1.807) is 4.57 Å². The van der Waals surface area contributed by atoms with Crippen LogP contribution in [0.5, 0.6) is 0 Å². The zero-order valence-corrected chi connectivity index (χ0v) is 18.3. The molecule has 4 rings (SSSR count). The van der Waals surface area contributed by atoms with Crippen LogP contribution in [0.1, 0.15) is 27.0 Å². The first-order chi connectivity index (χ1) is 15.3. The number of fused-ring (bicyclic) bond motifs is 1. The van der Waals surface area contributed by atoms with Gasteiger partial charge in [-0.15, -0.1) is 0 Å². The highest BCUT2D eigenvalue weighted by atomic mass is 32.1. The maximum Gasteiger partial charge on any atom is 0.303 e. The zero-order chi connectivity index (χ0) is 22.8. The van der Waals surface area contributed by atoms with E-state index in [0.717, 1.165) is 5.56 Å². The van der Waals surface area contributed by atoms with Gasteiger partial charge in [0.25, 0.3) is 0 Å². The van der Waals surface area contributed by atoms with Gasteiger partial charge in [0.2, 0.25) is 0 Å². The van der Waals surface area contributed by atoms with Crippen molar-refractivity contribution in [2.75, 3.05) is 6.61 Å². The van der Waals surface area contributed by atoms with Crippen LogP contribution in [0, 0.1) is 0 Å². The van der Waals surface area contributed by atoms with Crippen LogP contribution in [0.3, 0.4) is 0 Å². The fraction of sp³-hybridized carbons (Fsp3) is 0.400. The first kappa shape index (κ1) is 21.8. The Morgan fingerprint density at radius 3 is 2.47 bits per heavy atom. The van der Waals surface area contributed by atoms with Crippen LogP contribution in [0.25, 0.3) is 22.4 Å². The second-order valence-electron chi connectivity index (χ2n) is 7.07. The molecule has 0 bridgehead atoms. The molecule has 0 unspecified atom stereocenters. The third-order valence-corrected chi connectivity index (χ3v) is 5.45. The van der Waals surface area contributed by atoms with Crippen molar-refractivity contribution in [3.63, 3.8) is 0 Å². The standard InChI is InChI=1S/C20H20N4O7S/c1-10(25)28-6-14-17(29-11(2)26)18(30-12(3)27)20(31-14)24-9-23-16-15(13-4-5-32-7-13)21-8-22-19(16)24/h4-5,7-9,14,17-18,20H,6H2,1-3H3/t14-,17-,18-,20-/m1/s1. The predicted molar refractivity (Wildman–Crippen MR) is 110 cm³/mol. The van der Waals surface area contributed by atoms with Gasteiger partial charge in [0.15, 0.2) is 24.1 Å². The Morgan fingerprint density at radius 1 is 1.06 bits per heavy atom. The molecule has 4 atom stereocenters. The normalized spacial score (nSPS) is 22.6. The number of esters is 3. The molecule has 1 aliphatic heterocycles. The van der Waals surface area contributed by atoms with E-state index in [4.69, 9.17) is 18.9 Å². The summed E-state index contributed by atoms with van der Waals surface area (Å²) in [5, 5.41) is 3.88. The van der Waals surface area contributed by atoms with Crippen LogP contribution in [-0.2, 0) is 33.3 Å². The molecule has 0 radical (unpaired) electrons. The molecule has 3 aromatic heterocycles. The van der Waals surface area contributed by atoms with E-state index in [-0.39, 0.29) is 6.61 Å². The minimum absolute atomic E-state index is 0.191. The van der Waals surface area contributed by atoms with Crippen LogP contribution in [0.4, 0.5) is 0 Å². The van der Waals surface area contributed by atoms with Crippen LogP contribution >= 0.6 is 11.3 Å². The summed E-state index contributed by atoms with van der Waals surface area (Å²) in [5.41, 5.74) is 2.51. The second-order valence-corrected chi connectivity index (χ2v) is 7.85. The summed E-state index contributed by atoms with van der Waals surface area (Å²) in [4.78, 5) is 48.0. The molecule has 0 aliphatic carbocycles. The number of rotatable bonds is 6. The largest absolute Gasteiger partial charge is 0.463 e. The lowest BCUT2D eigenvalue weighted by atomic mass is 10.1. The van der Waals surface area contributed by atoms with Crippen LogP contribution in [0.15, 0.2) is 29.5 Å². The number of carbonyl (C=O) groups is 3. The summed E-state index contributed by atoms with van der Waals surface area (Å²) in [6, 6.07) is 1.92. The van der Waals surface area contributed by atoms with Crippen LogP contribution in [-0.4, -0.2) is 62.3 Å².